The first-order valence-corrected chi connectivity index (χ1v) is 10.8. The van der Waals surface area contributed by atoms with Gasteiger partial charge in [0.1, 0.15) is 23.8 Å². The van der Waals surface area contributed by atoms with E-state index in [1.165, 1.54) is 4.88 Å². The number of benzene rings is 2. The standard InChI is InChI=1S/C24H21NO5S/c1-15-23(30-21-8-4-3-7-20(21)27-2)22(26)17-9-10-19-18(24(17)29-15)13-25(14-28-19)12-16-6-5-11-31-16/h3-11H,12-14H2,1-2H3. The topological polar surface area (TPSA) is 61.1 Å². The third-order valence-corrected chi connectivity index (χ3v) is 6.13. The van der Waals surface area contributed by atoms with E-state index in [2.05, 4.69) is 16.3 Å². The highest BCUT2D eigenvalue weighted by molar-refractivity contribution is 7.09. The predicted molar refractivity (Wildman–Crippen MR) is 119 cm³/mol. The molecule has 0 aliphatic carbocycles. The highest BCUT2D eigenvalue weighted by atomic mass is 32.1. The normalized spacial score (nSPS) is 13.6. The fourth-order valence-corrected chi connectivity index (χ4v) is 4.50. The molecule has 1 aliphatic rings. The van der Waals surface area contributed by atoms with Crippen LogP contribution in [0.5, 0.6) is 23.0 Å². The van der Waals surface area contributed by atoms with Crippen LogP contribution in [0, 0.1) is 6.92 Å². The number of nitrogens with zero attached hydrogens (tertiary/aromatic N) is 1. The Morgan fingerprint density at radius 2 is 1.94 bits per heavy atom. The van der Waals surface area contributed by atoms with Gasteiger partial charge in [-0.15, -0.1) is 11.3 Å². The van der Waals surface area contributed by atoms with Gasteiger partial charge in [0.05, 0.1) is 18.1 Å². The molecule has 2 aromatic heterocycles. The lowest BCUT2D eigenvalue weighted by atomic mass is 10.1. The Balaban J connectivity index is 1.54. The average molecular weight is 436 g/mol. The molecule has 0 spiro atoms. The minimum Gasteiger partial charge on any atom is -0.493 e. The zero-order valence-corrected chi connectivity index (χ0v) is 18.0. The third kappa shape index (κ3) is 3.66. The molecule has 0 unspecified atom stereocenters. The van der Waals surface area contributed by atoms with Crippen LogP contribution in [0.4, 0.5) is 0 Å². The van der Waals surface area contributed by atoms with E-state index >= 15 is 0 Å². The lowest BCUT2D eigenvalue weighted by Crippen LogP contribution is -2.31. The molecule has 0 atom stereocenters. The van der Waals surface area contributed by atoms with E-state index < -0.39 is 0 Å². The number of hydrogen-bond donors (Lipinski definition) is 0. The Labute approximate surface area is 183 Å². The lowest BCUT2D eigenvalue weighted by molar-refractivity contribution is 0.0899. The van der Waals surface area contributed by atoms with Gasteiger partial charge in [0.15, 0.2) is 11.5 Å². The summed E-state index contributed by atoms with van der Waals surface area (Å²) in [5.41, 5.74) is 1.20. The number of thiophene rings is 1. The summed E-state index contributed by atoms with van der Waals surface area (Å²) >= 11 is 1.71. The Kier molecular flexibility index (Phi) is 5.13. The number of methoxy groups -OCH3 is 1. The van der Waals surface area contributed by atoms with Gasteiger partial charge in [-0.25, -0.2) is 0 Å². The van der Waals surface area contributed by atoms with Crippen molar-refractivity contribution in [2.24, 2.45) is 0 Å². The van der Waals surface area contributed by atoms with Gasteiger partial charge in [-0.1, -0.05) is 18.2 Å². The van der Waals surface area contributed by atoms with E-state index in [1.807, 2.05) is 24.3 Å². The molecule has 0 amide bonds. The SMILES string of the molecule is COc1ccccc1Oc1c(C)oc2c3c(ccc2c1=O)OCN(Cc1cccs1)C3. The van der Waals surface area contributed by atoms with Crippen molar-refractivity contribution in [2.45, 2.75) is 20.0 Å². The van der Waals surface area contributed by atoms with Crippen LogP contribution in [0.3, 0.4) is 0 Å². The molecule has 0 radical (unpaired) electrons. The molecule has 0 bridgehead atoms. The van der Waals surface area contributed by atoms with E-state index in [0.29, 0.717) is 41.5 Å². The van der Waals surface area contributed by atoms with Crippen LogP contribution in [0.15, 0.2) is 63.1 Å². The predicted octanol–water partition coefficient (Wildman–Crippen LogP) is 5.32. The van der Waals surface area contributed by atoms with E-state index in [9.17, 15) is 4.79 Å². The molecule has 3 heterocycles. The third-order valence-electron chi connectivity index (χ3n) is 5.27. The summed E-state index contributed by atoms with van der Waals surface area (Å²) in [6.45, 7) is 3.65. The molecule has 0 saturated heterocycles. The Bertz CT molecular complexity index is 1300. The van der Waals surface area contributed by atoms with Gasteiger partial charge in [-0.3, -0.25) is 9.69 Å². The smallest absolute Gasteiger partial charge is 0.235 e. The van der Waals surface area contributed by atoms with Gasteiger partial charge in [0, 0.05) is 18.0 Å². The first kappa shape index (κ1) is 19.7. The maximum absolute atomic E-state index is 13.3. The molecule has 31 heavy (non-hydrogen) atoms. The highest BCUT2D eigenvalue weighted by Crippen LogP contribution is 2.36. The van der Waals surface area contributed by atoms with Crippen LogP contribution in [0.1, 0.15) is 16.2 Å². The summed E-state index contributed by atoms with van der Waals surface area (Å²) < 4.78 is 23.3. The first-order chi connectivity index (χ1) is 15.1. The second-order valence-electron chi connectivity index (χ2n) is 7.33. The maximum Gasteiger partial charge on any atom is 0.235 e. The van der Waals surface area contributed by atoms with Crippen molar-refractivity contribution in [1.82, 2.24) is 4.90 Å². The van der Waals surface area contributed by atoms with Crippen molar-refractivity contribution in [3.8, 4) is 23.0 Å². The summed E-state index contributed by atoms with van der Waals surface area (Å²) in [6, 6.07) is 14.9. The monoisotopic (exact) mass is 435 g/mol. The Morgan fingerprint density at radius 3 is 2.71 bits per heavy atom. The van der Waals surface area contributed by atoms with Crippen molar-refractivity contribution in [3.63, 3.8) is 0 Å². The lowest BCUT2D eigenvalue weighted by Gasteiger charge is -2.29. The fourth-order valence-electron chi connectivity index (χ4n) is 3.76. The Hall–Kier alpha value is -3.29. The molecule has 0 fully saturated rings. The summed E-state index contributed by atoms with van der Waals surface area (Å²) in [5.74, 6) is 2.32. The average Bonchev–Trinajstić information content (AvgIpc) is 3.30. The quantitative estimate of drug-likeness (QED) is 0.423. The maximum atomic E-state index is 13.3. The fraction of sp³-hybridized carbons (Fsp3) is 0.208. The minimum absolute atomic E-state index is 0.157. The summed E-state index contributed by atoms with van der Waals surface area (Å²) in [4.78, 5) is 16.7. The molecular formula is C24H21NO5S. The van der Waals surface area contributed by atoms with Crippen molar-refractivity contribution < 1.29 is 18.6 Å². The summed E-state index contributed by atoms with van der Waals surface area (Å²) in [7, 11) is 1.56. The zero-order chi connectivity index (χ0) is 21.4. The number of rotatable bonds is 5. The molecular weight excluding hydrogens is 414 g/mol. The molecule has 1 aliphatic heterocycles. The van der Waals surface area contributed by atoms with Gasteiger partial charge >= 0.3 is 0 Å². The van der Waals surface area contributed by atoms with Crippen LogP contribution in [0.25, 0.3) is 11.0 Å². The molecule has 158 valence electrons. The number of aryl methyl sites for hydroxylation is 1. The minimum atomic E-state index is -0.220. The largest absolute Gasteiger partial charge is 0.493 e. The van der Waals surface area contributed by atoms with Gasteiger partial charge in [0.25, 0.3) is 0 Å². The van der Waals surface area contributed by atoms with Crippen LogP contribution in [0.2, 0.25) is 0 Å². The molecule has 7 heteroatoms. The van der Waals surface area contributed by atoms with E-state index in [4.69, 9.17) is 18.6 Å². The molecule has 4 aromatic rings. The van der Waals surface area contributed by atoms with Crippen molar-refractivity contribution >= 4 is 22.3 Å². The van der Waals surface area contributed by atoms with Crippen LogP contribution in [-0.4, -0.2) is 18.7 Å². The van der Waals surface area contributed by atoms with E-state index in [0.717, 1.165) is 17.9 Å². The van der Waals surface area contributed by atoms with Crippen LogP contribution in [-0.2, 0) is 13.1 Å². The molecule has 6 nitrogen and oxygen atoms in total. The molecule has 5 rings (SSSR count). The number of fused-ring (bicyclic) bond motifs is 3. The molecule has 0 N–H and O–H groups in total. The molecule has 0 saturated carbocycles. The number of ether oxygens (including phenoxy) is 3. The van der Waals surface area contributed by atoms with Crippen LogP contribution >= 0.6 is 11.3 Å². The number of para-hydroxylation sites is 2. The van der Waals surface area contributed by atoms with E-state index in [-0.39, 0.29) is 11.2 Å². The van der Waals surface area contributed by atoms with Gasteiger partial charge in [-0.2, -0.15) is 0 Å². The summed E-state index contributed by atoms with van der Waals surface area (Å²) in [6.07, 6.45) is 0. The van der Waals surface area contributed by atoms with Gasteiger partial charge in [-0.05, 0) is 42.6 Å². The highest BCUT2D eigenvalue weighted by Gasteiger charge is 2.24. The van der Waals surface area contributed by atoms with Crippen molar-refractivity contribution in [1.29, 1.82) is 0 Å². The van der Waals surface area contributed by atoms with Gasteiger partial charge in [0.2, 0.25) is 11.2 Å². The molecule has 2 aromatic carbocycles. The van der Waals surface area contributed by atoms with E-state index in [1.54, 1.807) is 43.6 Å². The second-order valence-corrected chi connectivity index (χ2v) is 8.36. The first-order valence-electron chi connectivity index (χ1n) is 9.91. The van der Waals surface area contributed by atoms with Crippen LogP contribution < -0.4 is 19.6 Å². The zero-order valence-electron chi connectivity index (χ0n) is 17.2. The second kappa shape index (κ2) is 8.09. The van der Waals surface area contributed by atoms with Crippen molar-refractivity contribution in [3.05, 3.63) is 80.3 Å². The number of hydrogen-bond acceptors (Lipinski definition) is 7. The summed E-state index contributed by atoms with van der Waals surface area (Å²) in [5, 5.41) is 2.53. The van der Waals surface area contributed by atoms with Gasteiger partial charge < -0.3 is 18.6 Å². The Morgan fingerprint density at radius 1 is 1.10 bits per heavy atom. The van der Waals surface area contributed by atoms with Crippen molar-refractivity contribution in [2.75, 3.05) is 13.8 Å².